The van der Waals surface area contributed by atoms with Crippen LogP contribution in [0.3, 0.4) is 0 Å². The van der Waals surface area contributed by atoms with Crippen molar-refractivity contribution in [3.05, 3.63) is 62.7 Å². The molecule has 10 heteroatoms. The van der Waals surface area contributed by atoms with Gasteiger partial charge < -0.3 is 15.2 Å². The number of hydrogen-bond donors (Lipinski definition) is 2. The van der Waals surface area contributed by atoms with Gasteiger partial charge in [0.2, 0.25) is 0 Å². The number of nitrogens with zero attached hydrogens (tertiary/aromatic N) is 2. The molecule has 0 aromatic heterocycles. The zero-order chi connectivity index (χ0) is 18.6. The third kappa shape index (κ3) is 4.41. The molecular formula is C15H13N3O7. The van der Waals surface area contributed by atoms with Gasteiger partial charge in [0.15, 0.2) is 6.10 Å². The van der Waals surface area contributed by atoms with E-state index in [4.69, 9.17) is 9.84 Å². The number of nitro groups is 2. The first-order valence-electron chi connectivity index (χ1n) is 6.97. The Hall–Kier alpha value is -3.69. The molecule has 0 aliphatic carbocycles. The van der Waals surface area contributed by atoms with E-state index in [1.165, 1.54) is 37.3 Å². The average Bonchev–Trinajstić information content (AvgIpc) is 2.56. The number of aliphatic carboxylic acids is 1. The summed E-state index contributed by atoms with van der Waals surface area (Å²) < 4.78 is 5.17. The second-order valence-electron chi connectivity index (χ2n) is 4.96. The Balaban J connectivity index is 2.20. The van der Waals surface area contributed by atoms with Crippen molar-refractivity contribution in [3.8, 4) is 5.75 Å². The van der Waals surface area contributed by atoms with Gasteiger partial charge in [-0.15, -0.1) is 0 Å². The van der Waals surface area contributed by atoms with Gasteiger partial charge in [0, 0.05) is 11.8 Å². The topological polar surface area (TPSA) is 145 Å². The van der Waals surface area contributed by atoms with Crippen LogP contribution < -0.4 is 10.1 Å². The third-order valence-electron chi connectivity index (χ3n) is 3.18. The molecule has 0 fully saturated rings. The molecule has 0 saturated carbocycles. The molecule has 25 heavy (non-hydrogen) atoms. The Kier molecular flexibility index (Phi) is 5.12. The molecule has 1 atom stereocenters. The Morgan fingerprint density at radius 3 is 2.28 bits per heavy atom. The number of anilines is 2. The first kappa shape index (κ1) is 17.7. The second kappa shape index (κ2) is 7.25. The van der Waals surface area contributed by atoms with Crippen molar-refractivity contribution in [1.82, 2.24) is 0 Å². The minimum atomic E-state index is -1.11. The molecule has 2 N–H and O–H groups in total. The fraction of sp³-hybridized carbons (Fsp3) is 0.133. The van der Waals surface area contributed by atoms with Crippen molar-refractivity contribution in [1.29, 1.82) is 0 Å². The molecule has 2 rings (SSSR count). The maximum Gasteiger partial charge on any atom is 0.344 e. The van der Waals surface area contributed by atoms with E-state index in [0.29, 0.717) is 11.4 Å². The van der Waals surface area contributed by atoms with E-state index in [1.807, 2.05) is 0 Å². The molecule has 0 heterocycles. The lowest BCUT2D eigenvalue weighted by Crippen LogP contribution is -2.22. The fourth-order valence-electron chi connectivity index (χ4n) is 1.92. The number of carbonyl (C=O) groups is 1. The number of ether oxygens (including phenoxy) is 1. The normalized spacial score (nSPS) is 11.4. The van der Waals surface area contributed by atoms with Crippen LogP contribution >= 0.6 is 0 Å². The largest absolute Gasteiger partial charge is 0.479 e. The number of carboxylic acid groups (broad SMARTS) is 1. The molecule has 130 valence electrons. The first-order chi connectivity index (χ1) is 11.8. The van der Waals surface area contributed by atoms with Crippen LogP contribution in [0.5, 0.6) is 5.75 Å². The summed E-state index contributed by atoms with van der Waals surface area (Å²) in [6, 6.07) is 9.34. The highest BCUT2D eigenvalue weighted by molar-refractivity contribution is 5.73. The summed E-state index contributed by atoms with van der Waals surface area (Å²) in [5.74, 6) is -0.789. The maximum absolute atomic E-state index is 11.1. The highest BCUT2D eigenvalue weighted by Crippen LogP contribution is 2.31. The van der Waals surface area contributed by atoms with Crippen molar-refractivity contribution in [2.24, 2.45) is 0 Å². The summed E-state index contributed by atoms with van der Waals surface area (Å²) in [6.45, 7) is 1.38. The van der Waals surface area contributed by atoms with Crippen LogP contribution in [0.15, 0.2) is 42.5 Å². The summed E-state index contributed by atoms with van der Waals surface area (Å²) in [6.07, 6.45) is -1.02. The van der Waals surface area contributed by atoms with Crippen LogP contribution in [-0.2, 0) is 4.79 Å². The predicted molar refractivity (Wildman–Crippen MR) is 87.2 cm³/mol. The van der Waals surface area contributed by atoms with Gasteiger partial charge in [-0.3, -0.25) is 20.2 Å². The number of hydrogen-bond acceptors (Lipinski definition) is 7. The van der Waals surface area contributed by atoms with Crippen molar-refractivity contribution in [3.63, 3.8) is 0 Å². The predicted octanol–water partition coefficient (Wildman–Crippen LogP) is 3.10. The molecule has 0 amide bonds. The Morgan fingerprint density at radius 1 is 1.12 bits per heavy atom. The van der Waals surface area contributed by atoms with E-state index in [2.05, 4.69) is 5.32 Å². The zero-order valence-corrected chi connectivity index (χ0v) is 12.9. The van der Waals surface area contributed by atoms with Gasteiger partial charge in [0.05, 0.1) is 15.9 Å². The lowest BCUT2D eigenvalue weighted by atomic mass is 10.2. The number of nitrogens with one attached hydrogen (secondary N) is 1. The number of non-ortho nitro benzene ring substituents is 1. The van der Waals surface area contributed by atoms with Gasteiger partial charge in [-0.05, 0) is 37.3 Å². The minimum absolute atomic E-state index is 0.0863. The average molecular weight is 347 g/mol. The fourth-order valence-corrected chi connectivity index (χ4v) is 1.92. The molecule has 0 bridgehead atoms. The lowest BCUT2D eigenvalue weighted by molar-refractivity contribution is -0.393. The van der Waals surface area contributed by atoms with Crippen molar-refractivity contribution in [2.75, 3.05) is 5.32 Å². The smallest absolute Gasteiger partial charge is 0.344 e. The molecule has 10 nitrogen and oxygen atoms in total. The summed E-state index contributed by atoms with van der Waals surface area (Å²) in [4.78, 5) is 31.1. The highest BCUT2D eigenvalue weighted by Gasteiger charge is 2.19. The maximum atomic E-state index is 11.1. The van der Waals surface area contributed by atoms with E-state index in [1.54, 1.807) is 0 Å². The molecular weight excluding hydrogens is 334 g/mol. The number of rotatable bonds is 7. The number of benzene rings is 2. The summed E-state index contributed by atoms with van der Waals surface area (Å²) in [5.41, 5.74) is -0.270. The summed E-state index contributed by atoms with van der Waals surface area (Å²) >= 11 is 0. The SMILES string of the molecule is CC(Oc1ccc(Nc2ccc([N+](=O)[O-])cc2[N+](=O)[O-])cc1)C(=O)O. The molecule has 2 aromatic carbocycles. The van der Waals surface area contributed by atoms with Gasteiger partial charge >= 0.3 is 5.97 Å². The zero-order valence-electron chi connectivity index (χ0n) is 12.9. The number of nitro benzene ring substituents is 2. The second-order valence-corrected chi connectivity index (χ2v) is 4.96. The highest BCUT2D eigenvalue weighted by atomic mass is 16.6. The van der Waals surface area contributed by atoms with Crippen LogP contribution in [0.25, 0.3) is 0 Å². The van der Waals surface area contributed by atoms with Crippen LogP contribution in [-0.4, -0.2) is 27.0 Å². The summed E-state index contributed by atoms with van der Waals surface area (Å²) in [7, 11) is 0. The minimum Gasteiger partial charge on any atom is -0.479 e. The van der Waals surface area contributed by atoms with Crippen molar-refractivity contribution < 1.29 is 24.5 Å². The Bertz CT molecular complexity index is 820. The van der Waals surface area contributed by atoms with Gasteiger partial charge in [0.1, 0.15) is 11.4 Å². The molecule has 0 spiro atoms. The van der Waals surface area contributed by atoms with Gasteiger partial charge in [-0.1, -0.05) is 0 Å². The first-order valence-corrected chi connectivity index (χ1v) is 6.97. The molecule has 0 aliphatic rings. The third-order valence-corrected chi connectivity index (χ3v) is 3.18. The van der Waals surface area contributed by atoms with E-state index in [-0.39, 0.29) is 11.4 Å². The molecule has 1 unspecified atom stereocenters. The van der Waals surface area contributed by atoms with Crippen molar-refractivity contribution in [2.45, 2.75) is 13.0 Å². The van der Waals surface area contributed by atoms with E-state index >= 15 is 0 Å². The standard InChI is InChI=1S/C15H13N3O7/c1-9(15(19)20)25-12-5-2-10(3-6-12)16-13-7-4-11(17(21)22)8-14(13)18(23)24/h2-9,16H,1H3,(H,19,20). The Morgan fingerprint density at radius 2 is 1.76 bits per heavy atom. The van der Waals surface area contributed by atoms with Crippen LogP contribution in [0.1, 0.15) is 6.92 Å². The molecule has 0 aliphatic heterocycles. The molecule has 0 saturated heterocycles. The van der Waals surface area contributed by atoms with Crippen LogP contribution in [0.2, 0.25) is 0 Å². The van der Waals surface area contributed by atoms with E-state index in [9.17, 15) is 25.0 Å². The quantitative estimate of drug-likeness (QED) is 0.574. The van der Waals surface area contributed by atoms with Crippen LogP contribution in [0.4, 0.5) is 22.7 Å². The van der Waals surface area contributed by atoms with Gasteiger partial charge in [-0.25, -0.2) is 4.79 Å². The molecule has 0 radical (unpaired) electrons. The number of carboxylic acids is 1. The summed E-state index contributed by atoms with van der Waals surface area (Å²) in [5, 5.41) is 33.4. The van der Waals surface area contributed by atoms with E-state index < -0.39 is 27.6 Å². The van der Waals surface area contributed by atoms with Crippen molar-refractivity contribution >= 4 is 28.7 Å². The van der Waals surface area contributed by atoms with E-state index in [0.717, 1.165) is 12.1 Å². The van der Waals surface area contributed by atoms with Gasteiger partial charge in [-0.2, -0.15) is 0 Å². The lowest BCUT2D eigenvalue weighted by Gasteiger charge is -2.11. The van der Waals surface area contributed by atoms with Gasteiger partial charge in [0.25, 0.3) is 11.4 Å². The monoisotopic (exact) mass is 347 g/mol. The van der Waals surface area contributed by atoms with Crippen LogP contribution in [0, 0.1) is 20.2 Å². The molecule has 2 aromatic rings. The Labute approximate surface area is 141 Å².